The van der Waals surface area contributed by atoms with Gasteiger partial charge >= 0.3 is 18.2 Å². The first kappa shape index (κ1) is 25.8. The van der Waals surface area contributed by atoms with Gasteiger partial charge in [0.1, 0.15) is 11.7 Å². The molecule has 0 radical (unpaired) electrons. The van der Waals surface area contributed by atoms with Gasteiger partial charge in [0.2, 0.25) is 6.04 Å². The Bertz CT molecular complexity index is 1140. The molecular formula is C19H16BrF6N3O5. The van der Waals surface area contributed by atoms with Crippen molar-refractivity contribution in [1.82, 2.24) is 14.7 Å². The Balaban J connectivity index is 2.22. The maximum Gasteiger partial charge on any atom is 0.417 e. The van der Waals surface area contributed by atoms with Crippen molar-refractivity contribution in [2.24, 2.45) is 0 Å². The highest BCUT2D eigenvalue weighted by Gasteiger charge is 2.46. The number of Topliss-reactive ketones (excluding diaryl/α,β-unsaturated/α-hetero) is 1. The van der Waals surface area contributed by atoms with E-state index >= 15 is 0 Å². The Morgan fingerprint density at radius 3 is 2.50 bits per heavy atom. The lowest BCUT2D eigenvalue weighted by Crippen LogP contribution is -2.45. The van der Waals surface area contributed by atoms with Gasteiger partial charge in [0.05, 0.1) is 30.3 Å². The molecule has 0 bridgehead atoms. The number of carboxylic acid groups (broad SMARTS) is 1. The summed E-state index contributed by atoms with van der Waals surface area (Å²) in [5, 5.41) is 12.1. The number of carbonyl (C=O) groups is 3. The third-order valence-electron chi connectivity index (χ3n) is 5.20. The second kappa shape index (κ2) is 9.43. The van der Waals surface area contributed by atoms with Crippen molar-refractivity contribution in [1.29, 1.82) is 0 Å². The summed E-state index contributed by atoms with van der Waals surface area (Å²) >= 11 is 2.67. The van der Waals surface area contributed by atoms with Gasteiger partial charge < -0.3 is 9.84 Å². The molecule has 1 saturated heterocycles. The van der Waals surface area contributed by atoms with Crippen LogP contribution in [0.3, 0.4) is 0 Å². The third-order valence-corrected chi connectivity index (χ3v) is 5.85. The smallest absolute Gasteiger partial charge is 0.417 e. The summed E-state index contributed by atoms with van der Waals surface area (Å²) in [5.41, 5.74) is -3.10. The van der Waals surface area contributed by atoms with Gasteiger partial charge in [-0.1, -0.05) is 15.9 Å². The number of hydrogen-bond donors (Lipinski definition) is 1. The van der Waals surface area contributed by atoms with Crippen LogP contribution in [0, 0.1) is 0 Å². The van der Waals surface area contributed by atoms with E-state index in [1.807, 2.05) is 0 Å². The SMILES string of the molecule is CCOC(=O)C(C(=O)[C@@H]1C[C@@H](F)CN1C(=O)O)n1cc2c(C(F)(F)F)cc(Br)c(C(F)F)c2n1. The summed E-state index contributed by atoms with van der Waals surface area (Å²) in [6.45, 7) is 0.427. The normalized spacial score (nSPS) is 19.6. The number of aromatic nitrogens is 2. The molecule has 2 heterocycles. The summed E-state index contributed by atoms with van der Waals surface area (Å²) in [6, 6.07) is -3.39. The molecule has 34 heavy (non-hydrogen) atoms. The van der Waals surface area contributed by atoms with Gasteiger partial charge in [-0.2, -0.15) is 18.3 Å². The van der Waals surface area contributed by atoms with Crippen LogP contribution in [0.15, 0.2) is 16.7 Å². The van der Waals surface area contributed by atoms with Crippen molar-refractivity contribution in [2.45, 2.75) is 44.2 Å². The van der Waals surface area contributed by atoms with Crippen LogP contribution in [0.2, 0.25) is 0 Å². The highest BCUT2D eigenvalue weighted by atomic mass is 79.9. The zero-order chi connectivity index (χ0) is 25.5. The van der Waals surface area contributed by atoms with E-state index in [1.165, 1.54) is 6.92 Å². The predicted octanol–water partition coefficient (Wildman–Crippen LogP) is 4.52. The van der Waals surface area contributed by atoms with E-state index in [0.717, 1.165) is 0 Å². The molecule has 1 aliphatic heterocycles. The number of fused-ring (bicyclic) bond motifs is 1. The molecule has 1 fully saturated rings. The van der Waals surface area contributed by atoms with Crippen LogP contribution < -0.4 is 0 Å². The number of ketones is 1. The standard InChI is InChI=1S/C19H16BrF6N3O5/c1-2-34-17(31)14(15(30)11-3-7(21)5-28(11)18(32)33)29-6-8-9(19(24,25)26)4-10(20)12(16(22)23)13(8)27-29/h4,6-7,11,14,16H,2-3,5H2,1H3,(H,32,33)/t7-,11+,14?/m1/s1. The van der Waals surface area contributed by atoms with Crippen LogP contribution in [0.1, 0.15) is 36.9 Å². The van der Waals surface area contributed by atoms with Crippen molar-refractivity contribution >= 4 is 44.7 Å². The second-order valence-electron chi connectivity index (χ2n) is 7.33. The maximum atomic E-state index is 13.9. The number of hydrogen-bond acceptors (Lipinski definition) is 5. The quantitative estimate of drug-likeness (QED) is 0.317. The number of benzene rings is 1. The van der Waals surface area contributed by atoms with Gasteiger partial charge in [-0.25, -0.2) is 27.4 Å². The fourth-order valence-electron chi connectivity index (χ4n) is 3.78. The molecule has 2 aromatic rings. The number of alkyl halides is 6. The highest BCUT2D eigenvalue weighted by Crippen LogP contribution is 2.42. The van der Waals surface area contributed by atoms with Crippen LogP contribution in [-0.4, -0.2) is 63.0 Å². The minimum Gasteiger partial charge on any atom is -0.465 e. The average molecular weight is 560 g/mol. The number of ether oxygens (including phenoxy) is 1. The van der Waals surface area contributed by atoms with Gasteiger partial charge in [0.15, 0.2) is 5.78 Å². The Labute approximate surface area is 195 Å². The summed E-state index contributed by atoms with van der Waals surface area (Å²) in [7, 11) is 0. The number of amides is 1. The second-order valence-corrected chi connectivity index (χ2v) is 8.18. The molecule has 3 atom stereocenters. The summed E-state index contributed by atoms with van der Waals surface area (Å²) in [4.78, 5) is 37.6. The topological polar surface area (TPSA) is 102 Å². The van der Waals surface area contributed by atoms with Crippen molar-refractivity contribution in [3.05, 3.63) is 27.9 Å². The van der Waals surface area contributed by atoms with Gasteiger partial charge in [-0.15, -0.1) is 0 Å². The largest absolute Gasteiger partial charge is 0.465 e. The van der Waals surface area contributed by atoms with E-state index in [9.17, 15) is 45.8 Å². The first-order valence-corrected chi connectivity index (χ1v) is 10.5. The fourth-order valence-corrected chi connectivity index (χ4v) is 4.37. The lowest BCUT2D eigenvalue weighted by Gasteiger charge is -2.24. The van der Waals surface area contributed by atoms with Crippen LogP contribution in [0.25, 0.3) is 10.9 Å². The third kappa shape index (κ3) is 4.70. The van der Waals surface area contributed by atoms with E-state index in [-0.39, 0.29) is 6.61 Å². The highest BCUT2D eigenvalue weighted by molar-refractivity contribution is 9.10. The Morgan fingerprint density at radius 1 is 1.32 bits per heavy atom. The molecule has 1 aliphatic rings. The molecule has 1 N–H and O–H groups in total. The number of nitrogens with zero attached hydrogens (tertiary/aromatic N) is 3. The average Bonchev–Trinajstić information content (AvgIpc) is 3.30. The number of likely N-dealkylation sites (tertiary alicyclic amines) is 1. The minimum absolute atomic E-state index is 0.274. The van der Waals surface area contributed by atoms with E-state index in [2.05, 4.69) is 21.0 Å². The molecule has 1 aromatic heterocycles. The molecule has 1 amide bonds. The van der Waals surface area contributed by atoms with E-state index in [4.69, 9.17) is 4.74 Å². The number of esters is 1. The first-order valence-electron chi connectivity index (χ1n) is 9.68. The molecule has 0 aliphatic carbocycles. The number of halogens is 7. The number of carbonyl (C=O) groups excluding carboxylic acids is 2. The van der Waals surface area contributed by atoms with E-state index < -0.39 is 88.2 Å². The number of rotatable bonds is 6. The van der Waals surface area contributed by atoms with Crippen LogP contribution in [0.5, 0.6) is 0 Å². The molecule has 15 heteroatoms. The maximum absolute atomic E-state index is 13.9. The molecule has 3 rings (SSSR count). The zero-order valence-electron chi connectivity index (χ0n) is 17.2. The molecule has 1 unspecified atom stereocenters. The summed E-state index contributed by atoms with van der Waals surface area (Å²) < 4.78 is 86.5. The molecule has 8 nitrogen and oxygen atoms in total. The van der Waals surface area contributed by atoms with Crippen LogP contribution in [-0.2, 0) is 20.5 Å². The van der Waals surface area contributed by atoms with Crippen molar-refractivity contribution in [3.8, 4) is 0 Å². The lowest BCUT2D eigenvalue weighted by molar-refractivity contribution is -0.152. The monoisotopic (exact) mass is 559 g/mol. The molecular weight excluding hydrogens is 544 g/mol. The minimum atomic E-state index is -5.01. The van der Waals surface area contributed by atoms with Gasteiger partial charge in [0.25, 0.3) is 6.43 Å². The van der Waals surface area contributed by atoms with Gasteiger partial charge in [-0.05, 0) is 13.0 Å². The lowest BCUT2D eigenvalue weighted by atomic mass is 10.0. The van der Waals surface area contributed by atoms with Gasteiger partial charge in [-0.3, -0.25) is 9.69 Å². The predicted molar refractivity (Wildman–Crippen MR) is 106 cm³/mol. The van der Waals surface area contributed by atoms with Crippen LogP contribution >= 0.6 is 15.9 Å². The Morgan fingerprint density at radius 2 is 1.97 bits per heavy atom. The van der Waals surface area contributed by atoms with Crippen LogP contribution in [0.4, 0.5) is 31.1 Å². The molecule has 0 saturated carbocycles. The fraction of sp³-hybridized carbons (Fsp3) is 0.474. The Kier molecular flexibility index (Phi) is 7.15. The zero-order valence-corrected chi connectivity index (χ0v) is 18.7. The summed E-state index contributed by atoms with van der Waals surface area (Å²) in [5.74, 6) is -2.54. The van der Waals surface area contributed by atoms with Crippen molar-refractivity contribution < 1.29 is 50.6 Å². The van der Waals surface area contributed by atoms with Crippen molar-refractivity contribution in [2.75, 3.05) is 13.2 Å². The molecule has 1 aromatic carbocycles. The molecule has 0 spiro atoms. The first-order chi connectivity index (χ1) is 15.8. The Hall–Kier alpha value is -2.84. The molecule has 186 valence electrons. The summed E-state index contributed by atoms with van der Waals surface area (Å²) in [6.07, 6.45) is -11.7. The van der Waals surface area contributed by atoms with E-state index in [0.29, 0.717) is 21.8 Å². The van der Waals surface area contributed by atoms with E-state index in [1.54, 1.807) is 0 Å². The van der Waals surface area contributed by atoms with Gasteiger partial charge in [0, 0.05) is 22.5 Å². The van der Waals surface area contributed by atoms with Crippen molar-refractivity contribution in [3.63, 3.8) is 0 Å².